The van der Waals surface area contributed by atoms with Crippen molar-refractivity contribution >= 4 is 34.0 Å². The molecule has 0 bridgehead atoms. The van der Waals surface area contributed by atoms with Crippen LogP contribution >= 0.6 is 11.3 Å². The van der Waals surface area contributed by atoms with E-state index in [0.717, 1.165) is 16.9 Å². The highest BCUT2D eigenvalue weighted by atomic mass is 32.1. The summed E-state index contributed by atoms with van der Waals surface area (Å²) >= 11 is 1.35. The van der Waals surface area contributed by atoms with E-state index in [9.17, 15) is 9.59 Å². The third-order valence-electron chi connectivity index (χ3n) is 4.86. The number of anilines is 2. The van der Waals surface area contributed by atoms with Crippen LogP contribution in [0, 0.1) is 0 Å². The van der Waals surface area contributed by atoms with Gasteiger partial charge in [0, 0.05) is 17.5 Å². The van der Waals surface area contributed by atoms with Crippen molar-refractivity contribution < 1.29 is 19.1 Å². The summed E-state index contributed by atoms with van der Waals surface area (Å²) in [5.74, 6) is 1.17. The summed E-state index contributed by atoms with van der Waals surface area (Å²) in [6.45, 7) is 6.68. The molecule has 0 radical (unpaired) electrons. The summed E-state index contributed by atoms with van der Waals surface area (Å²) in [6, 6.07) is 13.1. The average molecular weight is 450 g/mol. The Balaban J connectivity index is 1.45. The van der Waals surface area contributed by atoms with Gasteiger partial charge in [0.2, 0.25) is 5.91 Å². The van der Waals surface area contributed by atoms with E-state index in [1.807, 2.05) is 54.8 Å². The molecule has 0 fully saturated rings. The predicted octanol–water partition coefficient (Wildman–Crippen LogP) is 4.30. The number of aromatic nitrogens is 1. The summed E-state index contributed by atoms with van der Waals surface area (Å²) in [6.07, 6.45) is 1.93. The van der Waals surface area contributed by atoms with Gasteiger partial charge in [-0.05, 0) is 42.8 Å². The largest absolute Gasteiger partial charge is 0.494 e. The Bertz CT molecular complexity index is 1140. The van der Waals surface area contributed by atoms with E-state index < -0.39 is 0 Å². The number of carbonyl (C=O) groups is 2. The second-order valence-corrected chi connectivity index (χ2v) is 7.96. The van der Waals surface area contributed by atoms with Gasteiger partial charge in [-0.25, -0.2) is 4.98 Å². The highest BCUT2D eigenvalue weighted by molar-refractivity contribution is 7.14. The van der Waals surface area contributed by atoms with Crippen molar-refractivity contribution in [2.45, 2.75) is 13.3 Å². The van der Waals surface area contributed by atoms with Crippen LogP contribution in [-0.2, 0) is 16.0 Å². The molecule has 8 heteroatoms. The Morgan fingerprint density at radius 3 is 2.88 bits per heavy atom. The molecule has 2 amide bonds. The Labute approximate surface area is 190 Å². The molecule has 0 saturated heterocycles. The number of hydrogen-bond acceptors (Lipinski definition) is 6. The summed E-state index contributed by atoms with van der Waals surface area (Å²) in [5, 5.41) is 5.24. The monoisotopic (exact) mass is 449 g/mol. The van der Waals surface area contributed by atoms with Gasteiger partial charge in [0.05, 0.1) is 24.4 Å². The minimum absolute atomic E-state index is 0.0153. The number of carbonyl (C=O) groups excluding carboxylic acids is 2. The molecule has 32 heavy (non-hydrogen) atoms. The van der Waals surface area contributed by atoms with E-state index in [1.54, 1.807) is 11.0 Å². The van der Waals surface area contributed by atoms with Gasteiger partial charge in [0.25, 0.3) is 5.91 Å². The summed E-state index contributed by atoms with van der Waals surface area (Å²) in [7, 11) is 0. The molecular weight excluding hydrogens is 426 g/mol. The van der Waals surface area contributed by atoms with E-state index in [4.69, 9.17) is 9.47 Å². The highest BCUT2D eigenvalue weighted by Gasteiger charge is 2.25. The molecule has 1 aromatic heterocycles. The number of hydrogen-bond donors (Lipinski definition) is 1. The van der Waals surface area contributed by atoms with Gasteiger partial charge in [0.1, 0.15) is 11.5 Å². The fourth-order valence-electron chi connectivity index (χ4n) is 3.37. The number of fused-ring (bicyclic) bond motifs is 1. The first kappa shape index (κ1) is 21.6. The number of thiazole rings is 1. The molecule has 3 aromatic rings. The Kier molecular flexibility index (Phi) is 6.51. The van der Waals surface area contributed by atoms with E-state index in [0.29, 0.717) is 35.4 Å². The first-order chi connectivity index (χ1) is 15.6. The molecule has 1 N–H and O–H groups in total. The standard InChI is InChI=1S/C24H23N3O4S/c1-3-11-27-20-13-17(7-10-21(20)31-14-23(27)29)19-15-32-24(25-19)26-22(28)12-16-5-8-18(9-6-16)30-4-2/h3,5-10,13,15H,1,4,11-12,14H2,2H3,(H,25,26,28). The fraction of sp³-hybridized carbons (Fsp3) is 0.208. The van der Waals surface area contributed by atoms with Crippen molar-refractivity contribution in [1.82, 2.24) is 4.98 Å². The molecule has 7 nitrogen and oxygen atoms in total. The van der Waals surface area contributed by atoms with Crippen molar-refractivity contribution in [3.63, 3.8) is 0 Å². The molecule has 0 atom stereocenters. The van der Waals surface area contributed by atoms with Crippen LogP contribution in [0.4, 0.5) is 10.8 Å². The van der Waals surface area contributed by atoms with Gasteiger partial charge < -0.3 is 19.7 Å². The lowest BCUT2D eigenvalue weighted by Gasteiger charge is -2.28. The Morgan fingerprint density at radius 1 is 1.31 bits per heavy atom. The van der Waals surface area contributed by atoms with E-state index >= 15 is 0 Å². The maximum Gasteiger partial charge on any atom is 0.265 e. The summed E-state index contributed by atoms with van der Waals surface area (Å²) in [4.78, 5) is 30.8. The second-order valence-electron chi connectivity index (χ2n) is 7.10. The van der Waals surface area contributed by atoms with Gasteiger partial charge >= 0.3 is 0 Å². The summed E-state index contributed by atoms with van der Waals surface area (Å²) < 4.78 is 11.0. The zero-order valence-corrected chi connectivity index (χ0v) is 18.5. The smallest absolute Gasteiger partial charge is 0.265 e. The number of rotatable bonds is 8. The second kappa shape index (κ2) is 9.65. The maximum atomic E-state index is 12.4. The van der Waals surface area contributed by atoms with E-state index in [1.165, 1.54) is 11.3 Å². The van der Waals surface area contributed by atoms with Gasteiger partial charge in [-0.2, -0.15) is 0 Å². The fourth-order valence-corrected chi connectivity index (χ4v) is 4.11. The SMILES string of the molecule is C=CCN1C(=O)COc2ccc(-c3csc(NC(=O)Cc4ccc(OCC)cc4)n3)cc21. The normalized spacial score (nSPS) is 12.7. The average Bonchev–Trinajstić information content (AvgIpc) is 3.25. The van der Waals surface area contributed by atoms with Gasteiger partial charge in [-0.15, -0.1) is 17.9 Å². The molecule has 1 aliphatic rings. The number of nitrogens with one attached hydrogen (secondary N) is 1. The van der Waals surface area contributed by atoms with Crippen LogP contribution in [0.15, 0.2) is 60.5 Å². The first-order valence-corrected chi connectivity index (χ1v) is 11.1. The van der Waals surface area contributed by atoms with Crippen LogP contribution in [0.2, 0.25) is 0 Å². The van der Waals surface area contributed by atoms with Crippen molar-refractivity contribution in [3.05, 3.63) is 66.1 Å². The molecular formula is C24H23N3O4S. The van der Waals surface area contributed by atoms with E-state index in [2.05, 4.69) is 16.9 Å². The number of amides is 2. The van der Waals surface area contributed by atoms with Crippen molar-refractivity contribution in [1.29, 1.82) is 0 Å². The first-order valence-electron chi connectivity index (χ1n) is 10.2. The summed E-state index contributed by atoms with van der Waals surface area (Å²) in [5.41, 5.74) is 3.13. The van der Waals surface area contributed by atoms with Gasteiger partial charge in [0.15, 0.2) is 11.7 Å². The number of ether oxygens (including phenoxy) is 2. The topological polar surface area (TPSA) is 80.8 Å². The minimum Gasteiger partial charge on any atom is -0.494 e. The molecule has 2 heterocycles. The molecule has 1 aliphatic heterocycles. The molecule has 0 unspecified atom stereocenters. The van der Waals surface area contributed by atoms with Crippen LogP contribution < -0.4 is 19.7 Å². The minimum atomic E-state index is -0.142. The van der Waals surface area contributed by atoms with Gasteiger partial charge in [-0.3, -0.25) is 9.59 Å². The lowest BCUT2D eigenvalue weighted by atomic mass is 10.1. The van der Waals surface area contributed by atoms with Crippen LogP contribution in [-0.4, -0.2) is 36.6 Å². The molecule has 0 spiro atoms. The molecule has 2 aromatic carbocycles. The van der Waals surface area contributed by atoms with Crippen molar-refractivity contribution in [2.75, 3.05) is 30.0 Å². The molecule has 164 valence electrons. The van der Waals surface area contributed by atoms with Crippen LogP contribution in [0.25, 0.3) is 11.3 Å². The lowest BCUT2D eigenvalue weighted by Crippen LogP contribution is -2.38. The Morgan fingerprint density at radius 2 is 2.12 bits per heavy atom. The Hall–Kier alpha value is -3.65. The molecule has 0 saturated carbocycles. The van der Waals surface area contributed by atoms with Crippen molar-refractivity contribution in [2.24, 2.45) is 0 Å². The zero-order chi connectivity index (χ0) is 22.5. The third-order valence-corrected chi connectivity index (χ3v) is 5.62. The molecule has 0 aliphatic carbocycles. The zero-order valence-electron chi connectivity index (χ0n) is 17.7. The predicted molar refractivity (Wildman–Crippen MR) is 126 cm³/mol. The maximum absolute atomic E-state index is 12.4. The lowest BCUT2D eigenvalue weighted by molar-refractivity contribution is -0.121. The quantitative estimate of drug-likeness (QED) is 0.519. The number of nitrogens with zero attached hydrogens (tertiary/aromatic N) is 2. The van der Waals surface area contributed by atoms with Gasteiger partial charge in [-0.1, -0.05) is 18.2 Å². The van der Waals surface area contributed by atoms with Crippen LogP contribution in [0.1, 0.15) is 12.5 Å². The van der Waals surface area contributed by atoms with E-state index in [-0.39, 0.29) is 24.8 Å². The van der Waals surface area contributed by atoms with Crippen molar-refractivity contribution in [3.8, 4) is 22.8 Å². The molecule has 4 rings (SSSR count). The highest BCUT2D eigenvalue weighted by Crippen LogP contribution is 2.36. The number of benzene rings is 2. The van der Waals surface area contributed by atoms with Crippen LogP contribution in [0.5, 0.6) is 11.5 Å². The third kappa shape index (κ3) is 4.81. The van der Waals surface area contributed by atoms with Crippen LogP contribution in [0.3, 0.4) is 0 Å².